The van der Waals surface area contributed by atoms with Crippen molar-refractivity contribution in [2.24, 2.45) is 70.0 Å². The molecule has 8 fully saturated rings. The predicted octanol–water partition coefficient (Wildman–Crippen LogP) is 3.52. The fourth-order valence-electron chi connectivity index (χ4n) is 11.9. The minimum Gasteiger partial charge on any atom is -0.349 e. The van der Waals surface area contributed by atoms with Gasteiger partial charge >= 0.3 is 0 Å². The molecule has 140 valence electrons. The molecular weight excluding hydrogens is 324 g/mol. The third kappa shape index (κ3) is 1.08. The second-order valence-corrected chi connectivity index (χ2v) is 11.8. The molecule has 26 heavy (non-hydrogen) atoms. The molecule has 0 amide bonds. The Morgan fingerprint density at radius 3 is 2.00 bits per heavy atom. The van der Waals surface area contributed by atoms with E-state index in [1.54, 1.807) is 0 Å². The van der Waals surface area contributed by atoms with Gasteiger partial charge in [-0.15, -0.1) is 0 Å². The van der Waals surface area contributed by atoms with Crippen molar-refractivity contribution in [1.29, 1.82) is 0 Å². The number of carbonyl (C=O) groups excluding carboxylic acids is 1. The molecule has 8 rings (SSSR count). The number of ether oxygens (including phenoxy) is 2. The molecule has 0 spiro atoms. The van der Waals surface area contributed by atoms with E-state index in [1.807, 2.05) is 6.92 Å². The van der Waals surface area contributed by atoms with E-state index in [1.165, 1.54) is 25.7 Å². The van der Waals surface area contributed by atoms with Gasteiger partial charge in [-0.2, -0.15) is 0 Å². The molecule has 2 saturated heterocycles. The minimum atomic E-state index is -0.0932. The summed E-state index contributed by atoms with van der Waals surface area (Å²) in [6.07, 6.45) is 5.85. The van der Waals surface area contributed by atoms with E-state index in [0.29, 0.717) is 35.7 Å². The highest BCUT2D eigenvalue weighted by molar-refractivity contribution is 5.84. The zero-order valence-corrected chi connectivity index (χ0v) is 16.1. The summed E-state index contributed by atoms with van der Waals surface area (Å²) < 4.78 is 13.6. The Bertz CT molecular complexity index is 763. The van der Waals surface area contributed by atoms with Crippen molar-refractivity contribution in [3.8, 4) is 0 Å². The molecule has 6 aliphatic carbocycles. The summed E-state index contributed by atoms with van der Waals surface area (Å²) in [5.41, 5.74) is 0.128. The van der Waals surface area contributed by atoms with E-state index in [9.17, 15) is 4.79 Å². The normalized spacial score (nSPS) is 75.4. The monoisotopic (exact) mass is 354 g/mol. The van der Waals surface area contributed by atoms with Gasteiger partial charge in [-0.25, -0.2) is 0 Å². The Hall–Kier alpha value is -0.410. The molecule has 3 heteroatoms. The van der Waals surface area contributed by atoms with Crippen molar-refractivity contribution >= 4 is 5.78 Å². The van der Waals surface area contributed by atoms with Crippen LogP contribution >= 0.6 is 0 Å². The van der Waals surface area contributed by atoms with Crippen molar-refractivity contribution in [3.63, 3.8) is 0 Å². The standard InChI is InChI=1S/C23H30O3/c1-8(24)22(2)17-9-4-6-12-14(9)20-15(17)16-18-10-5-7-11(13(10)19(16)22)25-21(26-12)23(18,20)3/h9-21H,4-7H2,1-3H3/t9-,10+,11+,12+,13-,14-,15+,16-,17-,18-,19-,20-,21+,22+,23+/m1/s1. The van der Waals surface area contributed by atoms with Crippen molar-refractivity contribution in [1.82, 2.24) is 0 Å². The van der Waals surface area contributed by atoms with E-state index in [4.69, 9.17) is 9.47 Å². The number of hydrogen-bond acceptors (Lipinski definition) is 3. The number of ketones is 1. The first-order valence-corrected chi connectivity index (χ1v) is 11.3. The molecule has 15 atom stereocenters. The van der Waals surface area contributed by atoms with Crippen molar-refractivity contribution in [3.05, 3.63) is 0 Å². The van der Waals surface area contributed by atoms with Crippen LogP contribution in [0.4, 0.5) is 0 Å². The lowest BCUT2D eigenvalue weighted by Crippen LogP contribution is -2.55. The van der Waals surface area contributed by atoms with Crippen molar-refractivity contribution < 1.29 is 14.3 Å². The largest absolute Gasteiger partial charge is 0.349 e. The summed E-state index contributed by atoms with van der Waals surface area (Å²) in [5, 5.41) is 0. The van der Waals surface area contributed by atoms with Crippen LogP contribution in [0.1, 0.15) is 46.5 Å². The number of hydrogen-bond donors (Lipinski definition) is 0. The third-order valence-electron chi connectivity index (χ3n) is 12.0. The highest BCUT2D eigenvalue weighted by atomic mass is 16.7. The number of Topliss-reactive ketones (excluding diaryl/α,β-unsaturated/α-hetero) is 1. The number of fused-ring (bicyclic) bond motifs is 1. The molecule has 8 aliphatic rings. The smallest absolute Gasteiger partial charge is 0.164 e. The minimum absolute atomic E-state index is 0.0455. The van der Waals surface area contributed by atoms with Gasteiger partial charge in [0, 0.05) is 10.8 Å². The van der Waals surface area contributed by atoms with Gasteiger partial charge < -0.3 is 9.47 Å². The molecule has 4 bridgehead atoms. The molecule has 3 nitrogen and oxygen atoms in total. The van der Waals surface area contributed by atoms with Crippen LogP contribution < -0.4 is 0 Å². The van der Waals surface area contributed by atoms with Crippen molar-refractivity contribution in [2.45, 2.75) is 65.0 Å². The van der Waals surface area contributed by atoms with Crippen LogP contribution in [-0.2, 0) is 14.3 Å². The van der Waals surface area contributed by atoms with Crippen molar-refractivity contribution in [2.75, 3.05) is 0 Å². The summed E-state index contributed by atoms with van der Waals surface area (Å²) in [5.74, 6) is 7.74. The van der Waals surface area contributed by atoms with Gasteiger partial charge in [0.15, 0.2) is 6.29 Å². The summed E-state index contributed by atoms with van der Waals surface area (Å²) in [7, 11) is 0. The van der Waals surface area contributed by atoms with E-state index in [2.05, 4.69) is 13.8 Å². The molecular formula is C23H30O3. The molecule has 0 aromatic rings. The maximum atomic E-state index is 13.3. The van der Waals surface area contributed by atoms with Gasteiger partial charge in [-0.05, 0) is 91.8 Å². The second kappa shape index (κ2) is 3.85. The van der Waals surface area contributed by atoms with Crippen LogP contribution in [-0.4, -0.2) is 24.3 Å². The molecule has 2 aliphatic heterocycles. The topological polar surface area (TPSA) is 35.5 Å². The molecule has 2 heterocycles. The lowest BCUT2D eigenvalue weighted by Gasteiger charge is -2.52. The van der Waals surface area contributed by atoms with Crippen LogP contribution in [0.25, 0.3) is 0 Å². The second-order valence-electron chi connectivity index (χ2n) is 11.8. The first kappa shape index (κ1) is 14.6. The SMILES string of the molecule is CC(=O)[C@]1(C)[C@H]2[C@@H]3[C@H]4[C@H]1[C@@H]1CC[C@@H]5O[C@@H]6O[C@H]7CC[C@@H]([C@@H]27)[C@H]3[C@@]6(C)[C@@H]4[C@H]15. The van der Waals surface area contributed by atoms with E-state index in [0.717, 1.165) is 41.4 Å². The van der Waals surface area contributed by atoms with Gasteiger partial charge in [0.2, 0.25) is 0 Å². The van der Waals surface area contributed by atoms with Crippen LogP contribution in [0.3, 0.4) is 0 Å². The summed E-state index contributed by atoms with van der Waals surface area (Å²) in [6, 6.07) is 0. The van der Waals surface area contributed by atoms with E-state index >= 15 is 0 Å². The number of carbonyl (C=O) groups is 1. The summed E-state index contributed by atoms with van der Waals surface area (Å²) in [4.78, 5) is 13.3. The Morgan fingerprint density at radius 2 is 1.35 bits per heavy atom. The Kier molecular flexibility index (Phi) is 2.16. The van der Waals surface area contributed by atoms with E-state index in [-0.39, 0.29) is 17.1 Å². The molecule has 0 aromatic carbocycles. The molecule has 0 aromatic heterocycles. The van der Waals surface area contributed by atoms with Gasteiger partial charge in [0.1, 0.15) is 5.78 Å². The fraction of sp³-hybridized carbons (Fsp3) is 0.957. The van der Waals surface area contributed by atoms with Crippen LogP contribution in [0.15, 0.2) is 0 Å². The lowest BCUT2D eigenvalue weighted by atomic mass is 9.62. The lowest BCUT2D eigenvalue weighted by molar-refractivity contribution is -0.302. The maximum Gasteiger partial charge on any atom is 0.164 e. The average Bonchev–Trinajstić information content (AvgIpc) is 3.32. The quantitative estimate of drug-likeness (QED) is 0.723. The van der Waals surface area contributed by atoms with Crippen LogP contribution in [0.2, 0.25) is 0 Å². The highest BCUT2D eigenvalue weighted by Crippen LogP contribution is 2.87. The average molecular weight is 354 g/mol. The molecule has 0 radical (unpaired) electrons. The Morgan fingerprint density at radius 1 is 0.769 bits per heavy atom. The fourth-order valence-corrected chi connectivity index (χ4v) is 11.9. The van der Waals surface area contributed by atoms with E-state index < -0.39 is 0 Å². The number of rotatable bonds is 1. The zero-order valence-electron chi connectivity index (χ0n) is 16.1. The molecule has 6 saturated carbocycles. The summed E-state index contributed by atoms with van der Waals surface area (Å²) in [6.45, 7) is 6.89. The predicted molar refractivity (Wildman–Crippen MR) is 93.8 cm³/mol. The highest BCUT2D eigenvalue weighted by Gasteiger charge is 2.87. The Labute approximate surface area is 155 Å². The van der Waals surface area contributed by atoms with Gasteiger partial charge in [-0.1, -0.05) is 13.8 Å². The van der Waals surface area contributed by atoms with Crippen LogP contribution in [0, 0.1) is 70.0 Å². The third-order valence-corrected chi connectivity index (χ3v) is 12.0. The molecule has 0 unspecified atom stereocenters. The first-order chi connectivity index (χ1) is 12.5. The summed E-state index contributed by atoms with van der Waals surface area (Å²) >= 11 is 0. The maximum absolute atomic E-state index is 13.3. The van der Waals surface area contributed by atoms with Gasteiger partial charge in [0.25, 0.3) is 0 Å². The van der Waals surface area contributed by atoms with Gasteiger partial charge in [0.05, 0.1) is 12.2 Å². The van der Waals surface area contributed by atoms with Gasteiger partial charge in [-0.3, -0.25) is 4.79 Å². The zero-order chi connectivity index (χ0) is 17.3. The Balaban J connectivity index is 1.47. The first-order valence-electron chi connectivity index (χ1n) is 11.3. The molecule has 0 N–H and O–H groups in total. The van der Waals surface area contributed by atoms with Crippen LogP contribution in [0.5, 0.6) is 0 Å².